The zero-order valence-corrected chi connectivity index (χ0v) is 14.4. The first-order valence-electron chi connectivity index (χ1n) is 7.94. The molecule has 25 heavy (non-hydrogen) atoms. The number of amides is 1. The van der Waals surface area contributed by atoms with Gasteiger partial charge in [-0.2, -0.15) is 5.10 Å². The minimum Gasteiger partial charge on any atom is -0.497 e. The number of rotatable bonds is 5. The predicted octanol–water partition coefficient (Wildman–Crippen LogP) is 1.62. The minimum absolute atomic E-state index is 0.125. The molecule has 1 aromatic carbocycles. The van der Waals surface area contributed by atoms with Crippen molar-refractivity contribution >= 4 is 16.8 Å². The van der Waals surface area contributed by atoms with Gasteiger partial charge < -0.3 is 14.6 Å². The lowest BCUT2D eigenvalue weighted by Crippen LogP contribution is -2.35. The van der Waals surface area contributed by atoms with Crippen molar-refractivity contribution in [2.24, 2.45) is 7.05 Å². The van der Waals surface area contributed by atoms with Crippen LogP contribution in [-0.4, -0.2) is 27.4 Å². The summed E-state index contributed by atoms with van der Waals surface area (Å²) < 4.78 is 8.03. The van der Waals surface area contributed by atoms with Crippen LogP contribution in [0.2, 0.25) is 0 Å². The topological polar surface area (TPSA) is 78.2 Å². The Balaban J connectivity index is 1.72. The van der Waals surface area contributed by atoms with E-state index in [0.717, 1.165) is 16.7 Å². The first-order chi connectivity index (χ1) is 12.0. The highest BCUT2D eigenvalue weighted by Gasteiger charge is 2.13. The summed E-state index contributed by atoms with van der Waals surface area (Å²) in [5.74, 6) is 0.486. The molecule has 3 aromatic rings. The second-order valence-electron chi connectivity index (χ2n) is 5.90. The van der Waals surface area contributed by atoms with Crippen LogP contribution in [0.4, 0.5) is 0 Å². The van der Waals surface area contributed by atoms with Gasteiger partial charge in [-0.15, -0.1) is 0 Å². The van der Waals surface area contributed by atoms with Crippen LogP contribution < -0.4 is 15.6 Å². The van der Waals surface area contributed by atoms with Crippen LogP contribution in [0.3, 0.4) is 0 Å². The Kier molecular flexibility index (Phi) is 4.56. The molecule has 0 saturated heterocycles. The fourth-order valence-corrected chi connectivity index (χ4v) is 2.75. The second-order valence-corrected chi connectivity index (χ2v) is 5.90. The number of carbonyl (C=O) groups is 1. The number of nitrogens with one attached hydrogen (secondary N) is 1. The molecule has 0 aliphatic carbocycles. The molecule has 130 valence electrons. The van der Waals surface area contributed by atoms with Gasteiger partial charge in [-0.3, -0.25) is 9.59 Å². The summed E-state index contributed by atoms with van der Waals surface area (Å²) in [4.78, 5) is 24.7. The summed E-state index contributed by atoms with van der Waals surface area (Å²) in [6, 6.07) is 9.10. The van der Waals surface area contributed by atoms with Crippen molar-refractivity contribution in [2.45, 2.75) is 19.5 Å². The Hall–Kier alpha value is -3.09. The highest BCUT2D eigenvalue weighted by molar-refractivity contribution is 5.79. The van der Waals surface area contributed by atoms with E-state index in [1.807, 2.05) is 37.3 Å². The SMILES string of the molecule is COc1ccc(C(C)NC(=O)Cn2ncc3ccn(C)c3c2=O)cc1. The number of hydrogen-bond acceptors (Lipinski definition) is 4. The molecule has 0 spiro atoms. The largest absolute Gasteiger partial charge is 0.497 e. The van der Waals surface area contributed by atoms with Crippen LogP contribution in [-0.2, 0) is 18.4 Å². The van der Waals surface area contributed by atoms with Gasteiger partial charge in [0.05, 0.1) is 19.3 Å². The first-order valence-corrected chi connectivity index (χ1v) is 7.94. The predicted molar refractivity (Wildman–Crippen MR) is 94.5 cm³/mol. The van der Waals surface area contributed by atoms with Gasteiger partial charge in [-0.25, -0.2) is 4.68 Å². The average Bonchev–Trinajstić information content (AvgIpc) is 2.99. The molecule has 1 amide bonds. The Morgan fingerprint density at radius 2 is 2.00 bits per heavy atom. The highest BCUT2D eigenvalue weighted by Crippen LogP contribution is 2.17. The normalized spacial score (nSPS) is 12.1. The summed E-state index contributed by atoms with van der Waals surface area (Å²) in [5, 5.41) is 7.72. The van der Waals surface area contributed by atoms with Crippen LogP contribution in [0.5, 0.6) is 5.75 Å². The lowest BCUT2D eigenvalue weighted by atomic mass is 10.1. The number of carbonyl (C=O) groups excluding carboxylic acids is 1. The van der Waals surface area contributed by atoms with Crippen molar-refractivity contribution < 1.29 is 9.53 Å². The average molecular weight is 340 g/mol. The van der Waals surface area contributed by atoms with Gasteiger partial charge in [-0.1, -0.05) is 12.1 Å². The van der Waals surface area contributed by atoms with Crippen LogP contribution in [0, 0.1) is 0 Å². The Morgan fingerprint density at radius 3 is 2.68 bits per heavy atom. The van der Waals surface area contributed by atoms with Gasteiger partial charge in [-0.05, 0) is 30.7 Å². The summed E-state index contributed by atoms with van der Waals surface area (Å²) in [6.45, 7) is 1.76. The number of nitrogens with zero attached hydrogens (tertiary/aromatic N) is 3. The number of hydrogen-bond donors (Lipinski definition) is 1. The molecule has 0 saturated carbocycles. The number of benzene rings is 1. The van der Waals surface area contributed by atoms with Crippen molar-refractivity contribution in [3.05, 3.63) is 58.6 Å². The van der Waals surface area contributed by atoms with E-state index in [1.165, 1.54) is 4.68 Å². The summed E-state index contributed by atoms with van der Waals surface area (Å²) in [5.41, 5.74) is 1.20. The second kappa shape index (κ2) is 6.80. The molecular weight excluding hydrogens is 320 g/mol. The van der Waals surface area contributed by atoms with E-state index in [9.17, 15) is 9.59 Å². The Morgan fingerprint density at radius 1 is 1.28 bits per heavy atom. The van der Waals surface area contributed by atoms with E-state index < -0.39 is 0 Å². The fraction of sp³-hybridized carbons (Fsp3) is 0.278. The smallest absolute Gasteiger partial charge is 0.291 e. The zero-order valence-electron chi connectivity index (χ0n) is 14.4. The lowest BCUT2D eigenvalue weighted by Gasteiger charge is -2.15. The van der Waals surface area contributed by atoms with Crippen molar-refractivity contribution in [2.75, 3.05) is 7.11 Å². The van der Waals surface area contributed by atoms with Gasteiger partial charge in [0.1, 0.15) is 17.8 Å². The van der Waals surface area contributed by atoms with Gasteiger partial charge in [0, 0.05) is 18.6 Å². The number of fused-ring (bicyclic) bond motifs is 1. The molecule has 0 bridgehead atoms. The number of aromatic nitrogens is 3. The van der Waals surface area contributed by atoms with Crippen LogP contribution in [0.25, 0.3) is 10.9 Å². The standard InChI is InChI=1S/C18H20N4O3/c1-12(13-4-6-15(25-3)7-5-13)20-16(23)11-22-18(24)17-14(10-19-22)8-9-21(17)2/h4-10,12H,11H2,1-3H3,(H,20,23). The molecule has 1 unspecified atom stereocenters. The maximum Gasteiger partial charge on any atom is 0.291 e. The van der Waals surface area contributed by atoms with Gasteiger partial charge in [0.15, 0.2) is 0 Å². The van der Waals surface area contributed by atoms with Crippen molar-refractivity contribution in [1.82, 2.24) is 19.7 Å². The highest BCUT2D eigenvalue weighted by atomic mass is 16.5. The summed E-state index contributed by atoms with van der Waals surface area (Å²) in [7, 11) is 3.40. The summed E-state index contributed by atoms with van der Waals surface area (Å²) >= 11 is 0. The molecule has 7 heteroatoms. The molecular formula is C18H20N4O3. The molecule has 0 fully saturated rings. The molecule has 0 radical (unpaired) electrons. The molecule has 0 aliphatic heterocycles. The molecule has 0 aliphatic rings. The Labute approximate surface area is 144 Å². The number of aryl methyl sites for hydroxylation is 1. The third-order valence-electron chi connectivity index (χ3n) is 4.16. The monoisotopic (exact) mass is 340 g/mol. The van der Waals surface area contributed by atoms with E-state index in [2.05, 4.69) is 10.4 Å². The summed E-state index contributed by atoms with van der Waals surface area (Å²) in [6.07, 6.45) is 3.39. The van der Waals surface area contributed by atoms with Crippen molar-refractivity contribution in [3.63, 3.8) is 0 Å². The van der Waals surface area contributed by atoms with E-state index in [-0.39, 0.29) is 24.1 Å². The quantitative estimate of drug-likeness (QED) is 0.766. The maximum atomic E-state index is 12.5. The van der Waals surface area contributed by atoms with Crippen molar-refractivity contribution in [1.29, 1.82) is 0 Å². The Bertz CT molecular complexity index is 957. The fourth-order valence-electron chi connectivity index (χ4n) is 2.75. The van der Waals surface area contributed by atoms with Crippen LogP contribution >= 0.6 is 0 Å². The molecule has 2 aromatic heterocycles. The molecule has 1 atom stereocenters. The molecule has 3 rings (SSSR count). The van der Waals surface area contributed by atoms with Gasteiger partial charge in [0.2, 0.25) is 5.91 Å². The number of ether oxygens (including phenoxy) is 1. The van der Waals surface area contributed by atoms with Crippen LogP contribution in [0.15, 0.2) is 47.5 Å². The minimum atomic E-state index is -0.280. The lowest BCUT2D eigenvalue weighted by molar-refractivity contribution is -0.122. The maximum absolute atomic E-state index is 12.5. The molecule has 1 N–H and O–H groups in total. The third kappa shape index (κ3) is 3.40. The zero-order chi connectivity index (χ0) is 18.0. The van der Waals surface area contributed by atoms with E-state index in [0.29, 0.717) is 5.52 Å². The van der Waals surface area contributed by atoms with E-state index in [1.54, 1.807) is 31.1 Å². The first kappa shape index (κ1) is 16.8. The molecule has 2 heterocycles. The van der Waals surface area contributed by atoms with Crippen molar-refractivity contribution in [3.8, 4) is 5.75 Å². The van der Waals surface area contributed by atoms with Gasteiger partial charge in [0.25, 0.3) is 5.56 Å². The van der Waals surface area contributed by atoms with Gasteiger partial charge >= 0.3 is 0 Å². The molecule has 7 nitrogen and oxygen atoms in total. The number of methoxy groups -OCH3 is 1. The third-order valence-corrected chi connectivity index (χ3v) is 4.16. The van der Waals surface area contributed by atoms with E-state index >= 15 is 0 Å². The van der Waals surface area contributed by atoms with Crippen LogP contribution in [0.1, 0.15) is 18.5 Å². The van der Waals surface area contributed by atoms with E-state index in [4.69, 9.17) is 4.74 Å².